The van der Waals surface area contributed by atoms with E-state index < -0.39 is 0 Å². The Kier molecular flexibility index (Phi) is 6.51. The maximum Gasteiger partial charge on any atom is 0.269 e. The lowest BCUT2D eigenvalue weighted by molar-refractivity contribution is 0.190. The standard InChI is InChI=1S/C17H14BrN3O2S/c1-23-8-4-7-21-16(22)15(24-17(21)13(10-19)11-20)9-12-5-2-3-6-14(12)18/h2-3,5-6,9H,4,7-8H2,1H3/b15-9-. The van der Waals surface area contributed by atoms with Crippen molar-refractivity contribution < 1.29 is 4.74 Å². The summed E-state index contributed by atoms with van der Waals surface area (Å²) >= 11 is 4.61. The summed E-state index contributed by atoms with van der Waals surface area (Å²) in [6.07, 6.45) is 2.39. The van der Waals surface area contributed by atoms with E-state index in [9.17, 15) is 4.79 Å². The summed E-state index contributed by atoms with van der Waals surface area (Å²) in [5, 5.41) is 18.3. The van der Waals surface area contributed by atoms with Crippen molar-refractivity contribution in [2.45, 2.75) is 13.0 Å². The third-order valence-electron chi connectivity index (χ3n) is 3.27. The second-order valence-electron chi connectivity index (χ2n) is 4.84. The highest BCUT2D eigenvalue weighted by atomic mass is 79.9. The molecule has 2 rings (SSSR count). The van der Waals surface area contributed by atoms with Gasteiger partial charge >= 0.3 is 0 Å². The molecule has 0 unspecified atom stereocenters. The normalized spacial score (nSPS) is 11.1. The van der Waals surface area contributed by atoms with Crippen LogP contribution in [-0.2, 0) is 11.3 Å². The van der Waals surface area contributed by atoms with Crippen molar-refractivity contribution in [2.24, 2.45) is 0 Å². The van der Waals surface area contributed by atoms with Crippen LogP contribution in [0.3, 0.4) is 0 Å². The van der Waals surface area contributed by atoms with Gasteiger partial charge in [0.15, 0.2) is 5.57 Å². The van der Waals surface area contributed by atoms with Crippen molar-refractivity contribution in [3.8, 4) is 12.1 Å². The molecule has 2 aromatic rings. The molecule has 0 fully saturated rings. The number of hydrogen-bond acceptors (Lipinski definition) is 5. The topological polar surface area (TPSA) is 78.8 Å². The van der Waals surface area contributed by atoms with Gasteiger partial charge in [0.05, 0.1) is 4.53 Å². The third kappa shape index (κ3) is 4.01. The molecule has 0 bridgehead atoms. The van der Waals surface area contributed by atoms with Gasteiger partial charge < -0.3 is 4.74 Å². The van der Waals surface area contributed by atoms with Crippen LogP contribution in [-0.4, -0.2) is 18.3 Å². The molecule has 1 aromatic carbocycles. The second-order valence-corrected chi connectivity index (χ2v) is 6.72. The van der Waals surface area contributed by atoms with Crippen molar-refractivity contribution in [1.82, 2.24) is 4.57 Å². The van der Waals surface area contributed by atoms with Crippen LogP contribution >= 0.6 is 27.3 Å². The number of hydrogen-bond donors (Lipinski definition) is 0. The molecule has 0 radical (unpaired) electrons. The van der Waals surface area contributed by atoms with E-state index in [0.29, 0.717) is 28.8 Å². The molecule has 0 aliphatic carbocycles. The molecule has 0 atom stereocenters. The lowest BCUT2D eigenvalue weighted by atomic mass is 10.2. The Bertz CT molecular complexity index is 977. The van der Waals surface area contributed by atoms with Gasteiger partial charge in [0.25, 0.3) is 5.56 Å². The van der Waals surface area contributed by atoms with Gasteiger partial charge in [-0.2, -0.15) is 10.5 Å². The van der Waals surface area contributed by atoms with Crippen LogP contribution in [0.4, 0.5) is 0 Å². The van der Waals surface area contributed by atoms with Crippen molar-refractivity contribution in [3.63, 3.8) is 0 Å². The van der Waals surface area contributed by atoms with E-state index in [-0.39, 0.29) is 11.1 Å². The van der Waals surface area contributed by atoms with Gasteiger partial charge in [0.2, 0.25) is 0 Å². The fraction of sp³-hybridized carbons (Fsp3) is 0.235. The number of aromatic nitrogens is 1. The van der Waals surface area contributed by atoms with E-state index in [1.165, 1.54) is 4.57 Å². The molecular weight excluding hydrogens is 390 g/mol. The lowest BCUT2D eigenvalue weighted by Gasteiger charge is -2.01. The van der Waals surface area contributed by atoms with Crippen molar-refractivity contribution in [1.29, 1.82) is 10.5 Å². The molecule has 0 aliphatic heterocycles. The Hall–Kier alpha value is -2.19. The van der Waals surface area contributed by atoms with Crippen LogP contribution < -0.4 is 14.8 Å². The maximum atomic E-state index is 12.7. The number of methoxy groups -OCH3 is 1. The van der Waals surface area contributed by atoms with Crippen LogP contribution in [0.15, 0.2) is 33.5 Å². The van der Waals surface area contributed by atoms with Gasteiger partial charge in [-0.05, 0) is 24.1 Å². The van der Waals surface area contributed by atoms with Gasteiger partial charge in [0, 0.05) is 24.7 Å². The van der Waals surface area contributed by atoms with Gasteiger partial charge in [-0.1, -0.05) is 34.1 Å². The van der Waals surface area contributed by atoms with Gasteiger partial charge in [-0.3, -0.25) is 9.36 Å². The summed E-state index contributed by atoms with van der Waals surface area (Å²) in [6.45, 7) is 0.897. The first-order chi connectivity index (χ1) is 11.6. The molecule has 0 saturated carbocycles. The molecule has 5 nitrogen and oxygen atoms in total. The molecule has 0 amide bonds. The van der Waals surface area contributed by atoms with Crippen LogP contribution in [0.25, 0.3) is 11.6 Å². The number of benzene rings is 1. The van der Waals surface area contributed by atoms with Crippen LogP contribution in [0.2, 0.25) is 0 Å². The predicted molar refractivity (Wildman–Crippen MR) is 96.7 cm³/mol. The summed E-state index contributed by atoms with van der Waals surface area (Å²) in [5.41, 5.74) is 0.605. The van der Waals surface area contributed by atoms with Crippen molar-refractivity contribution in [2.75, 3.05) is 13.7 Å². The lowest BCUT2D eigenvalue weighted by Crippen LogP contribution is -2.32. The van der Waals surface area contributed by atoms with Crippen molar-refractivity contribution in [3.05, 3.63) is 53.9 Å². The highest BCUT2D eigenvalue weighted by molar-refractivity contribution is 9.10. The zero-order valence-corrected chi connectivity index (χ0v) is 15.4. The molecule has 0 spiro atoms. The van der Waals surface area contributed by atoms with E-state index in [1.54, 1.807) is 13.2 Å². The summed E-state index contributed by atoms with van der Waals surface area (Å²) < 4.78 is 8.23. The molecule has 0 saturated heterocycles. The number of thiazole rings is 1. The fourth-order valence-corrected chi connectivity index (χ4v) is 3.60. The van der Waals surface area contributed by atoms with Gasteiger partial charge in [-0.25, -0.2) is 0 Å². The Morgan fingerprint density at radius 3 is 2.71 bits per heavy atom. The predicted octanol–water partition coefficient (Wildman–Crippen LogP) is 1.74. The highest BCUT2D eigenvalue weighted by Gasteiger charge is 2.09. The van der Waals surface area contributed by atoms with E-state index in [4.69, 9.17) is 15.3 Å². The molecular formula is C17H14BrN3O2S. The minimum atomic E-state index is -0.204. The first-order valence-electron chi connectivity index (χ1n) is 7.11. The number of nitriles is 2. The largest absolute Gasteiger partial charge is 0.385 e. The monoisotopic (exact) mass is 403 g/mol. The number of ether oxygens (including phenoxy) is 1. The molecule has 0 N–H and O–H groups in total. The molecule has 122 valence electrons. The average molecular weight is 404 g/mol. The SMILES string of the molecule is COCCCn1c(=C(C#N)C#N)s/c(=C\c2ccccc2Br)c1=O. The molecule has 1 aromatic heterocycles. The molecule has 0 aliphatic rings. The molecule has 24 heavy (non-hydrogen) atoms. The maximum absolute atomic E-state index is 12.7. The summed E-state index contributed by atoms with van der Waals surface area (Å²) in [7, 11) is 1.59. The Morgan fingerprint density at radius 2 is 2.08 bits per heavy atom. The summed E-state index contributed by atoms with van der Waals surface area (Å²) in [4.78, 5) is 12.7. The van der Waals surface area contributed by atoms with E-state index in [0.717, 1.165) is 21.4 Å². The summed E-state index contributed by atoms with van der Waals surface area (Å²) in [6, 6.07) is 11.3. The quantitative estimate of drug-likeness (QED) is 0.712. The average Bonchev–Trinajstić information content (AvgIpc) is 2.88. The summed E-state index contributed by atoms with van der Waals surface area (Å²) in [5.74, 6) is 0. The van der Waals surface area contributed by atoms with Crippen LogP contribution in [0, 0.1) is 22.7 Å². The second kappa shape index (κ2) is 8.60. The molecule has 7 heteroatoms. The number of halogens is 1. The third-order valence-corrected chi connectivity index (χ3v) is 5.12. The van der Waals surface area contributed by atoms with Crippen LogP contribution in [0.1, 0.15) is 12.0 Å². The smallest absolute Gasteiger partial charge is 0.269 e. The van der Waals surface area contributed by atoms with Crippen molar-refractivity contribution >= 4 is 38.9 Å². The Morgan fingerprint density at radius 1 is 1.38 bits per heavy atom. The fourth-order valence-electron chi connectivity index (χ4n) is 2.13. The first-order valence-corrected chi connectivity index (χ1v) is 8.72. The minimum absolute atomic E-state index is 0.0544. The first kappa shape index (κ1) is 18.2. The zero-order valence-electron chi connectivity index (χ0n) is 13.0. The highest BCUT2D eigenvalue weighted by Crippen LogP contribution is 2.15. The Labute approximate surface area is 151 Å². The van der Waals surface area contributed by atoms with Gasteiger partial charge in [-0.15, -0.1) is 11.3 Å². The minimum Gasteiger partial charge on any atom is -0.385 e. The molecule has 1 heterocycles. The van der Waals surface area contributed by atoms with Crippen LogP contribution in [0.5, 0.6) is 0 Å². The van der Waals surface area contributed by atoms with Gasteiger partial charge in [0.1, 0.15) is 16.8 Å². The van der Waals surface area contributed by atoms with E-state index in [2.05, 4.69) is 15.9 Å². The zero-order chi connectivity index (χ0) is 17.5. The number of nitrogens with zero attached hydrogens (tertiary/aromatic N) is 3. The number of rotatable bonds is 5. The van der Waals surface area contributed by atoms with E-state index >= 15 is 0 Å². The van der Waals surface area contributed by atoms with E-state index in [1.807, 2.05) is 36.4 Å². The Balaban J connectivity index is 2.69.